The lowest BCUT2D eigenvalue weighted by molar-refractivity contribution is -0.870. The minimum absolute atomic E-state index is 0.0230. The average Bonchev–Trinajstić information content (AvgIpc) is 3.32. The van der Waals surface area contributed by atoms with E-state index in [1.165, 1.54) is 89.9 Å². The third kappa shape index (κ3) is 52.7. The van der Waals surface area contributed by atoms with Gasteiger partial charge in [0.25, 0.3) is 7.82 Å². The summed E-state index contributed by atoms with van der Waals surface area (Å²) in [6.45, 7) is 4.47. The summed E-state index contributed by atoms with van der Waals surface area (Å²) < 4.78 is 23.3. The summed E-state index contributed by atoms with van der Waals surface area (Å²) in [6.07, 6.45) is 75.6. The van der Waals surface area contributed by atoms with Crippen LogP contribution in [0.2, 0.25) is 0 Å². The fraction of sp³-hybridized carbons (Fsp3) is 0.656. The van der Waals surface area contributed by atoms with Crippen molar-refractivity contribution in [1.82, 2.24) is 5.32 Å². The second-order valence-corrected chi connectivity index (χ2v) is 20.9. The Kier molecular flexibility index (Phi) is 48.6. The molecule has 0 aliphatic carbocycles. The number of unbranched alkanes of at least 4 members (excludes halogenated alkanes) is 18. The van der Waals surface area contributed by atoms with E-state index in [1.54, 1.807) is 6.08 Å². The zero-order valence-electron chi connectivity index (χ0n) is 45.4. The summed E-state index contributed by atoms with van der Waals surface area (Å²) in [6, 6.07) is -0.938. The quantitative estimate of drug-likeness (QED) is 0.0272. The van der Waals surface area contributed by atoms with Crippen LogP contribution in [0.25, 0.3) is 0 Å². The molecule has 0 saturated carbocycles. The molecule has 3 unspecified atom stereocenters. The molecule has 0 aromatic rings. The molecule has 3 atom stereocenters. The van der Waals surface area contributed by atoms with Crippen LogP contribution in [-0.4, -0.2) is 68.5 Å². The van der Waals surface area contributed by atoms with E-state index in [0.29, 0.717) is 23.9 Å². The number of carbonyl (C=O) groups is 1. The largest absolute Gasteiger partial charge is 0.756 e. The van der Waals surface area contributed by atoms with Gasteiger partial charge in [-0.1, -0.05) is 219 Å². The number of carbonyl (C=O) groups excluding carboxylic acids is 1. The highest BCUT2D eigenvalue weighted by Crippen LogP contribution is 2.38. The molecule has 70 heavy (non-hydrogen) atoms. The normalized spacial score (nSPS) is 14.9. The lowest BCUT2D eigenvalue weighted by atomic mass is 10.0. The Hall–Kier alpha value is -3.10. The molecule has 400 valence electrons. The van der Waals surface area contributed by atoms with Crippen molar-refractivity contribution >= 4 is 13.7 Å². The molecule has 8 nitrogen and oxygen atoms in total. The van der Waals surface area contributed by atoms with Gasteiger partial charge < -0.3 is 28.8 Å². The standard InChI is InChI=1S/C61H105N2O6P/c1-6-8-10-12-14-16-18-20-22-24-26-28-30-31-33-35-37-39-41-43-45-47-49-51-53-55-61(65)62-59(58-69-70(66,67)68-57-56-63(3,4)5)60(64)54-52-50-48-46-44-42-40-38-36-34-32-29-27-25-23-21-19-17-15-13-11-9-7-2/h8,10,14,16,20,22,26,28,31,33,36-39,43-46,52,54,59-60,64H,6-7,9,11-13,15,17-19,21,23-25,27,29-30,32,34-35,40-42,47-51,53,55-58H2,1-5H3,(H-,62,65,66,67)/b10-8-,16-14-,22-20-,28-26-,33-31-,38-36+,39-37-,45-43-,46-44+,54-52+. The van der Waals surface area contributed by atoms with E-state index < -0.39 is 26.6 Å². The Morgan fingerprint density at radius 1 is 0.514 bits per heavy atom. The number of aliphatic hydroxyl groups excluding tert-OH is 1. The van der Waals surface area contributed by atoms with Crippen LogP contribution in [0.5, 0.6) is 0 Å². The molecule has 0 radical (unpaired) electrons. The Balaban J connectivity index is 4.44. The number of allylic oxidation sites excluding steroid dienone is 19. The highest BCUT2D eigenvalue weighted by Gasteiger charge is 2.23. The van der Waals surface area contributed by atoms with Gasteiger partial charge in [-0.2, -0.15) is 0 Å². The topological polar surface area (TPSA) is 108 Å². The average molecular weight is 993 g/mol. The molecule has 0 aromatic heterocycles. The molecule has 0 rings (SSSR count). The predicted molar refractivity (Wildman–Crippen MR) is 302 cm³/mol. The number of phosphoric ester groups is 1. The van der Waals surface area contributed by atoms with Crippen LogP contribution in [0.15, 0.2) is 122 Å². The van der Waals surface area contributed by atoms with Crippen molar-refractivity contribution in [2.24, 2.45) is 0 Å². The molecule has 0 spiro atoms. The van der Waals surface area contributed by atoms with Crippen LogP contribution in [0.4, 0.5) is 0 Å². The molecule has 1 amide bonds. The smallest absolute Gasteiger partial charge is 0.268 e. The first-order valence-electron chi connectivity index (χ1n) is 27.9. The van der Waals surface area contributed by atoms with Gasteiger partial charge in [-0.15, -0.1) is 0 Å². The molecule has 0 bridgehead atoms. The third-order valence-corrected chi connectivity index (χ3v) is 12.6. The molecule has 0 heterocycles. The molecule has 0 aromatic carbocycles. The number of amides is 1. The molecule has 0 fully saturated rings. The number of likely N-dealkylation sites (N-methyl/N-ethyl adjacent to an activating group) is 1. The van der Waals surface area contributed by atoms with Crippen LogP contribution in [0, 0.1) is 0 Å². The van der Waals surface area contributed by atoms with Crippen molar-refractivity contribution < 1.29 is 32.9 Å². The summed E-state index contributed by atoms with van der Waals surface area (Å²) in [5, 5.41) is 13.8. The van der Waals surface area contributed by atoms with Crippen LogP contribution in [0.1, 0.15) is 206 Å². The minimum atomic E-state index is -4.63. The fourth-order valence-electron chi connectivity index (χ4n) is 7.28. The molecule has 0 aliphatic heterocycles. The van der Waals surface area contributed by atoms with E-state index in [1.807, 2.05) is 27.2 Å². The Morgan fingerprint density at radius 2 is 0.886 bits per heavy atom. The Labute approximate surface area is 431 Å². The summed E-state index contributed by atoms with van der Waals surface area (Å²) >= 11 is 0. The van der Waals surface area contributed by atoms with Crippen LogP contribution in [-0.2, 0) is 18.4 Å². The SMILES string of the molecule is CC/C=C\C/C=C\C/C=C\C/C=C\C/C=C\C/C=C\C/C=C\CCCCCC(=O)NC(COP(=O)([O-])OCC[N+](C)(C)C)C(O)/C=C/CC/C=C/CC/C=C/CCCCCCCCCCCCCCC. The number of nitrogens with zero attached hydrogens (tertiary/aromatic N) is 1. The van der Waals surface area contributed by atoms with E-state index in [0.717, 1.165) is 83.5 Å². The zero-order valence-corrected chi connectivity index (χ0v) is 46.3. The number of hydrogen-bond acceptors (Lipinski definition) is 6. The maximum absolute atomic E-state index is 12.9. The maximum Gasteiger partial charge on any atom is 0.268 e. The van der Waals surface area contributed by atoms with Crippen LogP contribution < -0.4 is 10.2 Å². The predicted octanol–water partition coefficient (Wildman–Crippen LogP) is 16.3. The van der Waals surface area contributed by atoms with E-state index in [2.05, 4.69) is 129 Å². The number of nitrogens with one attached hydrogen (secondary N) is 1. The number of aliphatic hydroxyl groups is 1. The Morgan fingerprint density at radius 3 is 1.33 bits per heavy atom. The number of quaternary nitrogens is 1. The highest BCUT2D eigenvalue weighted by molar-refractivity contribution is 7.45. The first-order chi connectivity index (χ1) is 34.0. The zero-order chi connectivity index (χ0) is 51.3. The fourth-order valence-corrected chi connectivity index (χ4v) is 8.00. The van der Waals surface area contributed by atoms with Gasteiger partial charge in [0.05, 0.1) is 39.9 Å². The van der Waals surface area contributed by atoms with E-state index in [9.17, 15) is 19.4 Å². The number of hydrogen-bond donors (Lipinski definition) is 2. The number of phosphoric acid groups is 1. The first-order valence-corrected chi connectivity index (χ1v) is 29.4. The minimum Gasteiger partial charge on any atom is -0.756 e. The van der Waals surface area contributed by atoms with Gasteiger partial charge in [0, 0.05) is 6.42 Å². The third-order valence-electron chi connectivity index (χ3n) is 11.6. The molecule has 0 saturated heterocycles. The van der Waals surface area contributed by atoms with Crippen molar-refractivity contribution in [2.75, 3.05) is 40.9 Å². The monoisotopic (exact) mass is 993 g/mol. The van der Waals surface area contributed by atoms with Crippen molar-refractivity contribution in [2.45, 2.75) is 219 Å². The van der Waals surface area contributed by atoms with Gasteiger partial charge in [0.1, 0.15) is 13.2 Å². The summed E-state index contributed by atoms with van der Waals surface area (Å²) in [7, 11) is 1.19. The van der Waals surface area contributed by atoms with Crippen molar-refractivity contribution in [3.63, 3.8) is 0 Å². The van der Waals surface area contributed by atoms with Crippen molar-refractivity contribution in [3.05, 3.63) is 122 Å². The lowest BCUT2D eigenvalue weighted by Crippen LogP contribution is -2.45. The molecular formula is C61H105N2O6P. The van der Waals surface area contributed by atoms with Crippen molar-refractivity contribution in [1.29, 1.82) is 0 Å². The summed E-state index contributed by atoms with van der Waals surface area (Å²) in [5.74, 6) is -0.248. The second-order valence-electron chi connectivity index (χ2n) is 19.5. The molecular weight excluding hydrogens is 888 g/mol. The lowest BCUT2D eigenvalue weighted by Gasteiger charge is -2.29. The van der Waals surface area contributed by atoms with Gasteiger partial charge in [0.2, 0.25) is 5.91 Å². The van der Waals surface area contributed by atoms with Gasteiger partial charge in [0.15, 0.2) is 0 Å². The Bertz CT molecular complexity index is 1550. The van der Waals surface area contributed by atoms with Crippen LogP contribution in [0.3, 0.4) is 0 Å². The molecule has 0 aliphatic rings. The van der Waals surface area contributed by atoms with Gasteiger partial charge in [-0.3, -0.25) is 9.36 Å². The summed E-state index contributed by atoms with van der Waals surface area (Å²) in [4.78, 5) is 25.5. The molecule has 2 N–H and O–H groups in total. The van der Waals surface area contributed by atoms with E-state index in [4.69, 9.17) is 9.05 Å². The van der Waals surface area contributed by atoms with E-state index >= 15 is 0 Å². The number of rotatable bonds is 49. The van der Waals surface area contributed by atoms with Gasteiger partial charge >= 0.3 is 0 Å². The van der Waals surface area contributed by atoms with Crippen molar-refractivity contribution in [3.8, 4) is 0 Å². The summed E-state index contributed by atoms with van der Waals surface area (Å²) in [5.41, 5.74) is 0. The van der Waals surface area contributed by atoms with E-state index in [-0.39, 0.29) is 18.9 Å². The highest BCUT2D eigenvalue weighted by atomic mass is 31.2. The van der Waals surface area contributed by atoms with Gasteiger partial charge in [-0.25, -0.2) is 0 Å². The first kappa shape index (κ1) is 66.9. The maximum atomic E-state index is 12.9. The van der Waals surface area contributed by atoms with Gasteiger partial charge in [-0.05, 0) is 103 Å². The molecule has 9 heteroatoms. The second kappa shape index (κ2) is 50.8. The van der Waals surface area contributed by atoms with Crippen LogP contribution >= 0.6 is 7.82 Å².